The van der Waals surface area contributed by atoms with Crippen LogP contribution >= 0.6 is 0 Å². The van der Waals surface area contributed by atoms with E-state index < -0.39 is 40.9 Å². The number of hydrogen-bond donors (Lipinski definition) is 3. The number of imide groups is 1. The number of ether oxygens (including phenoxy) is 1. The van der Waals surface area contributed by atoms with Gasteiger partial charge in [-0.1, -0.05) is 6.07 Å². The fourth-order valence-corrected chi connectivity index (χ4v) is 4.93. The number of amides is 5. The molecule has 2 aromatic carbocycles. The van der Waals surface area contributed by atoms with Gasteiger partial charge in [0.15, 0.2) is 17.1 Å². The van der Waals surface area contributed by atoms with Crippen molar-refractivity contribution in [3.8, 4) is 5.75 Å². The average molecular weight is 482 g/mol. The van der Waals surface area contributed by atoms with Gasteiger partial charge in [0.1, 0.15) is 17.2 Å². The van der Waals surface area contributed by atoms with Crippen LogP contribution in [-0.4, -0.2) is 42.3 Å². The summed E-state index contributed by atoms with van der Waals surface area (Å²) in [5.74, 6) is -3.83. The number of hydrogen-bond acceptors (Lipinski definition) is 6. The topological polar surface area (TPSA) is 130 Å². The molecule has 10 nitrogen and oxygen atoms in total. The molecule has 1 aromatic heterocycles. The Bertz CT molecular complexity index is 1520. The molecule has 0 saturated carbocycles. The molecule has 178 valence electrons. The van der Waals surface area contributed by atoms with Crippen molar-refractivity contribution in [3.05, 3.63) is 63.9 Å². The summed E-state index contributed by atoms with van der Waals surface area (Å²) >= 11 is 0. The number of nitrogens with zero attached hydrogens (tertiary/aromatic N) is 1. The molecule has 3 aliphatic rings. The fourth-order valence-electron chi connectivity index (χ4n) is 4.93. The summed E-state index contributed by atoms with van der Waals surface area (Å²) in [7, 11) is 1.28. The van der Waals surface area contributed by atoms with Gasteiger partial charge in [-0.3, -0.25) is 19.7 Å². The van der Waals surface area contributed by atoms with E-state index in [0.29, 0.717) is 16.5 Å². The predicted octanol–water partition coefficient (Wildman–Crippen LogP) is 1.65. The fraction of sp³-hybridized carbons (Fsp3) is 0.217. The normalized spacial score (nSPS) is 20.7. The highest BCUT2D eigenvalue weighted by molar-refractivity contribution is 6.09. The van der Waals surface area contributed by atoms with Crippen LogP contribution in [0.5, 0.6) is 5.75 Å². The number of halogens is 2. The minimum Gasteiger partial charge on any atom is -0.494 e. The first-order chi connectivity index (χ1) is 16.7. The number of carbonyl (C=O) groups is 4. The molecule has 3 aromatic rings. The molecular formula is C23H16F2N4O6. The summed E-state index contributed by atoms with van der Waals surface area (Å²) in [4.78, 5) is 51.5. The molecule has 6 rings (SSSR count). The first-order valence-corrected chi connectivity index (χ1v) is 10.6. The van der Waals surface area contributed by atoms with E-state index >= 15 is 0 Å². The summed E-state index contributed by atoms with van der Waals surface area (Å²) in [5.41, 5.74) is -1.35. The van der Waals surface area contributed by atoms with Crippen LogP contribution in [0.1, 0.15) is 37.6 Å². The van der Waals surface area contributed by atoms with Crippen molar-refractivity contribution in [2.45, 2.75) is 18.6 Å². The molecule has 0 aliphatic carbocycles. The van der Waals surface area contributed by atoms with E-state index in [2.05, 4.69) is 16.0 Å². The van der Waals surface area contributed by atoms with Gasteiger partial charge in [-0.25, -0.2) is 13.6 Å². The van der Waals surface area contributed by atoms with Gasteiger partial charge in [0, 0.05) is 24.5 Å². The zero-order valence-corrected chi connectivity index (χ0v) is 18.1. The summed E-state index contributed by atoms with van der Waals surface area (Å²) in [6, 6.07) is 4.60. The highest BCUT2D eigenvalue weighted by Gasteiger charge is 2.53. The smallest absolute Gasteiger partial charge is 0.322 e. The number of nitrogens with one attached hydrogen (secondary N) is 3. The third kappa shape index (κ3) is 2.79. The molecule has 3 aliphatic heterocycles. The SMILES string of the molecule is COc1ccc2c(c1F)C(=O)N(C[C@@]1(c3cc4c5c(c(F)cc4o3)C(=O)NC5)NC(=O)NC1=O)C2. The van der Waals surface area contributed by atoms with Gasteiger partial charge in [0.2, 0.25) is 0 Å². The number of rotatable bonds is 4. The average Bonchev–Trinajstić information content (AvgIpc) is 3.55. The van der Waals surface area contributed by atoms with Gasteiger partial charge in [0.25, 0.3) is 17.7 Å². The Morgan fingerprint density at radius 2 is 1.94 bits per heavy atom. The van der Waals surface area contributed by atoms with Crippen molar-refractivity contribution in [2.24, 2.45) is 0 Å². The number of furan rings is 1. The Balaban J connectivity index is 1.45. The van der Waals surface area contributed by atoms with Crippen molar-refractivity contribution in [3.63, 3.8) is 0 Å². The lowest BCUT2D eigenvalue weighted by molar-refractivity contribution is -0.125. The number of benzene rings is 2. The molecular weight excluding hydrogens is 466 g/mol. The minimum atomic E-state index is -1.87. The Kier molecular flexibility index (Phi) is 4.22. The summed E-state index contributed by atoms with van der Waals surface area (Å²) in [6.45, 7) is -0.349. The lowest BCUT2D eigenvalue weighted by Crippen LogP contribution is -2.52. The van der Waals surface area contributed by atoms with Gasteiger partial charge in [-0.05, 0) is 23.3 Å². The van der Waals surface area contributed by atoms with Gasteiger partial charge in [0.05, 0.1) is 24.8 Å². The molecule has 1 fully saturated rings. The second-order valence-electron chi connectivity index (χ2n) is 8.51. The van der Waals surface area contributed by atoms with E-state index in [1.807, 2.05) is 0 Å². The van der Waals surface area contributed by atoms with Crippen LogP contribution in [0.3, 0.4) is 0 Å². The molecule has 0 bridgehead atoms. The first kappa shape index (κ1) is 21.1. The maximum Gasteiger partial charge on any atom is 0.322 e. The van der Waals surface area contributed by atoms with Crippen LogP contribution in [0.15, 0.2) is 28.7 Å². The van der Waals surface area contributed by atoms with Gasteiger partial charge in [-0.15, -0.1) is 0 Å². The molecule has 5 amide bonds. The van der Waals surface area contributed by atoms with E-state index in [1.165, 1.54) is 24.1 Å². The molecule has 1 atom stereocenters. The Morgan fingerprint density at radius 3 is 2.66 bits per heavy atom. The largest absolute Gasteiger partial charge is 0.494 e. The quantitative estimate of drug-likeness (QED) is 0.485. The third-order valence-electron chi connectivity index (χ3n) is 6.60. The number of urea groups is 1. The second kappa shape index (κ2) is 7.01. The van der Waals surface area contributed by atoms with Crippen molar-refractivity contribution >= 4 is 34.7 Å². The molecule has 4 heterocycles. The lowest BCUT2D eigenvalue weighted by Gasteiger charge is -2.29. The van der Waals surface area contributed by atoms with Crippen molar-refractivity contribution in [2.75, 3.05) is 13.7 Å². The molecule has 0 unspecified atom stereocenters. The first-order valence-electron chi connectivity index (χ1n) is 10.6. The lowest BCUT2D eigenvalue weighted by atomic mass is 9.94. The zero-order chi connectivity index (χ0) is 24.6. The molecule has 35 heavy (non-hydrogen) atoms. The van der Waals surface area contributed by atoms with Crippen LogP contribution in [0, 0.1) is 11.6 Å². The third-order valence-corrected chi connectivity index (χ3v) is 6.60. The van der Waals surface area contributed by atoms with Crippen molar-refractivity contribution < 1.29 is 37.1 Å². The Hall–Kier alpha value is -4.48. The molecule has 0 spiro atoms. The van der Waals surface area contributed by atoms with E-state index in [9.17, 15) is 28.0 Å². The monoisotopic (exact) mass is 482 g/mol. The summed E-state index contributed by atoms with van der Waals surface area (Å²) in [6.07, 6.45) is 0. The van der Waals surface area contributed by atoms with Crippen LogP contribution in [-0.2, 0) is 23.4 Å². The van der Waals surface area contributed by atoms with Crippen molar-refractivity contribution in [1.82, 2.24) is 20.9 Å². The van der Waals surface area contributed by atoms with E-state index in [4.69, 9.17) is 9.15 Å². The number of carbonyl (C=O) groups excluding carboxylic acids is 4. The standard InChI is InChI=1S/C23H16F2N4O6/c1-34-13-3-2-9-7-29(20(31)16(9)18(13)25)8-23(21(32)27-22(33)28-23)15-4-10-11-6-26-19(30)17(11)12(24)5-14(10)35-15/h2-5H,6-8H2,1H3,(H,26,30)(H2,27,28,32,33)/t23-/m0/s1. The van der Waals surface area contributed by atoms with Crippen LogP contribution in [0.2, 0.25) is 0 Å². The van der Waals surface area contributed by atoms with E-state index in [1.54, 1.807) is 6.07 Å². The molecule has 3 N–H and O–H groups in total. The highest BCUT2D eigenvalue weighted by atomic mass is 19.1. The van der Waals surface area contributed by atoms with Gasteiger partial charge >= 0.3 is 6.03 Å². The molecule has 12 heteroatoms. The van der Waals surface area contributed by atoms with E-state index in [-0.39, 0.29) is 47.9 Å². The van der Waals surface area contributed by atoms with Crippen LogP contribution < -0.4 is 20.7 Å². The predicted molar refractivity (Wildman–Crippen MR) is 113 cm³/mol. The molecule has 0 radical (unpaired) electrons. The minimum absolute atomic E-state index is 0.0251. The van der Waals surface area contributed by atoms with Crippen LogP contribution in [0.25, 0.3) is 11.0 Å². The Morgan fingerprint density at radius 1 is 1.14 bits per heavy atom. The van der Waals surface area contributed by atoms with Gasteiger partial charge < -0.3 is 24.7 Å². The van der Waals surface area contributed by atoms with Crippen LogP contribution in [0.4, 0.5) is 13.6 Å². The van der Waals surface area contributed by atoms with Gasteiger partial charge in [-0.2, -0.15) is 0 Å². The Labute approximate surface area is 195 Å². The highest BCUT2D eigenvalue weighted by Crippen LogP contribution is 2.38. The van der Waals surface area contributed by atoms with E-state index in [0.717, 1.165) is 6.07 Å². The van der Waals surface area contributed by atoms with Crippen molar-refractivity contribution in [1.29, 1.82) is 0 Å². The zero-order valence-electron chi connectivity index (χ0n) is 18.1. The maximum absolute atomic E-state index is 14.8. The molecule has 1 saturated heterocycles. The summed E-state index contributed by atoms with van der Waals surface area (Å²) < 4.78 is 40.1. The number of methoxy groups -OCH3 is 1. The summed E-state index contributed by atoms with van der Waals surface area (Å²) in [5, 5.41) is 7.58. The maximum atomic E-state index is 14.8. The number of fused-ring (bicyclic) bond motifs is 4. The second-order valence-corrected chi connectivity index (χ2v) is 8.51.